The number of nitrogens with one attached hydrogen (secondary N) is 2. The molecule has 3 aromatic carbocycles. The van der Waals surface area contributed by atoms with Gasteiger partial charge >= 0.3 is 0 Å². The van der Waals surface area contributed by atoms with Crippen LogP contribution in [0.3, 0.4) is 0 Å². The SMILES string of the molecule is COc1ccc(-c2nnc(NC(=O)c3ccc(NC(=O)c4ccc(Cl)cc4)cc3)s2)cc1. The fourth-order valence-electron chi connectivity index (χ4n) is 2.80. The van der Waals surface area contributed by atoms with E-state index < -0.39 is 0 Å². The van der Waals surface area contributed by atoms with Crippen LogP contribution in [0.5, 0.6) is 5.75 Å². The summed E-state index contributed by atoms with van der Waals surface area (Å²) in [5.74, 6) is 0.163. The van der Waals surface area contributed by atoms with Crippen molar-refractivity contribution in [2.45, 2.75) is 0 Å². The molecule has 2 N–H and O–H groups in total. The number of hydrogen-bond donors (Lipinski definition) is 2. The Morgan fingerprint density at radius 3 is 2.03 bits per heavy atom. The Bertz CT molecular complexity index is 1240. The molecule has 4 aromatic rings. The molecule has 0 spiro atoms. The number of carbonyl (C=O) groups excluding carboxylic acids is 2. The summed E-state index contributed by atoms with van der Waals surface area (Å²) in [7, 11) is 1.60. The van der Waals surface area contributed by atoms with E-state index in [0.717, 1.165) is 11.3 Å². The lowest BCUT2D eigenvalue weighted by Crippen LogP contribution is -2.13. The van der Waals surface area contributed by atoms with Crippen LogP contribution in [0.2, 0.25) is 5.02 Å². The smallest absolute Gasteiger partial charge is 0.257 e. The highest BCUT2D eigenvalue weighted by Gasteiger charge is 2.12. The Kier molecular flexibility index (Phi) is 6.44. The van der Waals surface area contributed by atoms with Gasteiger partial charge in [0, 0.05) is 27.4 Å². The molecule has 0 atom stereocenters. The lowest BCUT2D eigenvalue weighted by molar-refractivity contribution is 0.102. The molecule has 0 radical (unpaired) electrons. The predicted octanol–water partition coefficient (Wildman–Crippen LogP) is 5.37. The first-order valence-corrected chi connectivity index (χ1v) is 10.7. The number of anilines is 2. The first-order chi connectivity index (χ1) is 15.5. The molecule has 0 aliphatic rings. The summed E-state index contributed by atoms with van der Waals surface area (Å²) < 4.78 is 5.15. The molecule has 0 saturated heterocycles. The molecule has 0 fully saturated rings. The van der Waals surface area contributed by atoms with Crippen molar-refractivity contribution in [3.63, 3.8) is 0 Å². The molecule has 0 bridgehead atoms. The second-order valence-electron chi connectivity index (χ2n) is 6.63. The van der Waals surface area contributed by atoms with Crippen molar-refractivity contribution in [2.75, 3.05) is 17.7 Å². The van der Waals surface area contributed by atoms with Gasteiger partial charge in [-0.05, 0) is 72.8 Å². The van der Waals surface area contributed by atoms with Gasteiger partial charge in [0.25, 0.3) is 11.8 Å². The average molecular weight is 465 g/mol. The van der Waals surface area contributed by atoms with Crippen molar-refractivity contribution in [2.24, 2.45) is 0 Å². The van der Waals surface area contributed by atoms with Crippen molar-refractivity contribution in [3.8, 4) is 16.3 Å². The van der Waals surface area contributed by atoms with Gasteiger partial charge in [0.05, 0.1) is 7.11 Å². The van der Waals surface area contributed by atoms with Crippen LogP contribution in [0, 0.1) is 0 Å². The molecule has 0 aliphatic heterocycles. The molecular weight excluding hydrogens is 448 g/mol. The lowest BCUT2D eigenvalue weighted by Gasteiger charge is -2.07. The molecule has 32 heavy (non-hydrogen) atoms. The maximum Gasteiger partial charge on any atom is 0.257 e. The van der Waals surface area contributed by atoms with Crippen molar-refractivity contribution in [1.29, 1.82) is 0 Å². The van der Waals surface area contributed by atoms with Crippen molar-refractivity contribution in [1.82, 2.24) is 10.2 Å². The fraction of sp³-hybridized carbons (Fsp3) is 0.0435. The van der Waals surface area contributed by atoms with Crippen LogP contribution >= 0.6 is 22.9 Å². The Hall–Kier alpha value is -3.75. The molecule has 1 aromatic heterocycles. The molecule has 2 amide bonds. The average Bonchev–Trinajstić information content (AvgIpc) is 3.28. The molecular formula is C23H17ClN4O3S. The van der Waals surface area contributed by atoms with E-state index in [1.165, 1.54) is 11.3 Å². The maximum atomic E-state index is 12.5. The largest absolute Gasteiger partial charge is 0.497 e. The van der Waals surface area contributed by atoms with Gasteiger partial charge in [-0.15, -0.1) is 10.2 Å². The third kappa shape index (κ3) is 5.11. The van der Waals surface area contributed by atoms with Crippen LogP contribution in [-0.4, -0.2) is 29.1 Å². The van der Waals surface area contributed by atoms with Crippen LogP contribution in [0.4, 0.5) is 10.8 Å². The van der Waals surface area contributed by atoms with E-state index in [0.29, 0.717) is 32.0 Å². The highest BCUT2D eigenvalue weighted by molar-refractivity contribution is 7.18. The normalized spacial score (nSPS) is 10.4. The fourth-order valence-corrected chi connectivity index (χ4v) is 3.67. The van der Waals surface area contributed by atoms with Gasteiger partial charge in [0.1, 0.15) is 10.8 Å². The zero-order chi connectivity index (χ0) is 22.5. The van der Waals surface area contributed by atoms with E-state index in [4.69, 9.17) is 16.3 Å². The summed E-state index contributed by atoms with van der Waals surface area (Å²) in [6.45, 7) is 0. The zero-order valence-corrected chi connectivity index (χ0v) is 18.4. The minimum atomic E-state index is -0.321. The number of hydrogen-bond acceptors (Lipinski definition) is 6. The van der Waals surface area contributed by atoms with E-state index in [2.05, 4.69) is 20.8 Å². The molecule has 1 heterocycles. The first-order valence-electron chi connectivity index (χ1n) is 9.48. The third-order valence-corrected chi connectivity index (χ3v) is 5.63. The Morgan fingerprint density at radius 1 is 0.812 bits per heavy atom. The van der Waals surface area contributed by atoms with Crippen LogP contribution in [-0.2, 0) is 0 Å². The Morgan fingerprint density at radius 2 is 1.41 bits per heavy atom. The summed E-state index contributed by atoms with van der Waals surface area (Å²) in [5.41, 5.74) is 2.36. The van der Waals surface area contributed by atoms with Crippen LogP contribution in [0.25, 0.3) is 10.6 Å². The topological polar surface area (TPSA) is 93.2 Å². The van der Waals surface area contributed by atoms with E-state index in [-0.39, 0.29) is 11.8 Å². The van der Waals surface area contributed by atoms with Gasteiger partial charge in [-0.1, -0.05) is 22.9 Å². The molecule has 9 heteroatoms. The minimum Gasteiger partial charge on any atom is -0.497 e. The standard InChI is InChI=1S/C23H17ClN4O3S/c1-31-19-12-6-16(7-13-19)22-27-28-23(32-22)26-21(30)15-4-10-18(11-5-15)25-20(29)14-2-8-17(24)9-3-14/h2-13H,1H3,(H,25,29)(H,26,28,30). The minimum absolute atomic E-state index is 0.265. The number of nitrogens with zero attached hydrogens (tertiary/aromatic N) is 2. The second kappa shape index (κ2) is 9.59. The van der Waals surface area contributed by atoms with Gasteiger partial charge in [-0.25, -0.2) is 0 Å². The van der Waals surface area contributed by atoms with Crippen molar-refractivity contribution in [3.05, 3.63) is 88.9 Å². The van der Waals surface area contributed by atoms with Crippen LogP contribution < -0.4 is 15.4 Å². The Balaban J connectivity index is 1.38. The highest BCUT2D eigenvalue weighted by Crippen LogP contribution is 2.28. The number of aromatic nitrogens is 2. The quantitative estimate of drug-likeness (QED) is 0.400. The number of carbonyl (C=O) groups is 2. The van der Waals surface area contributed by atoms with E-state index in [1.54, 1.807) is 55.6 Å². The number of methoxy groups -OCH3 is 1. The summed E-state index contributed by atoms with van der Waals surface area (Å²) >= 11 is 7.11. The summed E-state index contributed by atoms with van der Waals surface area (Å²) in [5, 5.41) is 15.3. The molecule has 160 valence electrons. The number of amides is 2. The van der Waals surface area contributed by atoms with E-state index in [9.17, 15) is 9.59 Å². The van der Waals surface area contributed by atoms with Gasteiger partial charge in [-0.3, -0.25) is 14.9 Å². The van der Waals surface area contributed by atoms with Gasteiger partial charge < -0.3 is 10.1 Å². The lowest BCUT2D eigenvalue weighted by atomic mass is 10.1. The van der Waals surface area contributed by atoms with E-state index in [1.807, 2.05) is 24.3 Å². The molecule has 0 unspecified atom stereocenters. The monoisotopic (exact) mass is 464 g/mol. The third-order valence-electron chi connectivity index (χ3n) is 4.49. The van der Waals surface area contributed by atoms with Crippen LogP contribution in [0.15, 0.2) is 72.8 Å². The molecule has 0 aliphatic carbocycles. The maximum absolute atomic E-state index is 12.5. The summed E-state index contributed by atoms with van der Waals surface area (Å²) in [6, 6.07) is 20.6. The second-order valence-corrected chi connectivity index (χ2v) is 8.05. The van der Waals surface area contributed by atoms with Crippen LogP contribution in [0.1, 0.15) is 20.7 Å². The summed E-state index contributed by atoms with van der Waals surface area (Å²) in [6.07, 6.45) is 0. The van der Waals surface area contributed by atoms with E-state index >= 15 is 0 Å². The zero-order valence-electron chi connectivity index (χ0n) is 16.8. The number of benzene rings is 3. The molecule has 0 saturated carbocycles. The highest BCUT2D eigenvalue weighted by atomic mass is 35.5. The number of halogens is 1. The molecule has 4 rings (SSSR count). The molecule has 7 nitrogen and oxygen atoms in total. The van der Waals surface area contributed by atoms with Gasteiger partial charge in [0.2, 0.25) is 5.13 Å². The number of rotatable bonds is 6. The van der Waals surface area contributed by atoms with Crippen molar-refractivity contribution < 1.29 is 14.3 Å². The van der Waals surface area contributed by atoms with Gasteiger partial charge in [-0.2, -0.15) is 0 Å². The predicted molar refractivity (Wildman–Crippen MR) is 126 cm³/mol. The summed E-state index contributed by atoms with van der Waals surface area (Å²) in [4.78, 5) is 24.8. The Labute approximate surface area is 193 Å². The van der Waals surface area contributed by atoms with Crippen molar-refractivity contribution >= 4 is 45.6 Å². The first kappa shape index (κ1) is 21.5. The van der Waals surface area contributed by atoms with Gasteiger partial charge in [0.15, 0.2) is 0 Å². The number of ether oxygens (including phenoxy) is 1.